The molecule has 1 fully saturated rings. The third-order valence-corrected chi connectivity index (χ3v) is 8.17. The van der Waals surface area contributed by atoms with Crippen LogP contribution >= 0.6 is 23.1 Å². The van der Waals surface area contributed by atoms with E-state index in [2.05, 4.69) is 10.3 Å². The lowest BCUT2D eigenvalue weighted by atomic mass is 9.95. The molecule has 0 saturated heterocycles. The number of rotatable bonds is 8. The van der Waals surface area contributed by atoms with E-state index in [-0.39, 0.29) is 42.2 Å². The zero-order valence-electron chi connectivity index (χ0n) is 19.8. The second-order valence-electron chi connectivity index (χ2n) is 8.56. The van der Waals surface area contributed by atoms with Crippen molar-refractivity contribution in [1.82, 2.24) is 14.9 Å². The van der Waals surface area contributed by atoms with Gasteiger partial charge in [-0.25, -0.2) is 14.2 Å². The van der Waals surface area contributed by atoms with Crippen LogP contribution in [0.1, 0.15) is 59.8 Å². The van der Waals surface area contributed by atoms with Gasteiger partial charge in [0.1, 0.15) is 15.5 Å². The van der Waals surface area contributed by atoms with E-state index in [9.17, 15) is 18.8 Å². The second kappa shape index (κ2) is 11.3. The summed E-state index contributed by atoms with van der Waals surface area (Å²) in [5, 5.41) is 3.82. The zero-order valence-corrected chi connectivity index (χ0v) is 21.4. The highest BCUT2D eigenvalue weighted by atomic mass is 32.2. The summed E-state index contributed by atoms with van der Waals surface area (Å²) in [7, 11) is 0. The number of thiophene rings is 1. The fraction of sp³-hybridized carbons (Fsp3) is 0.440. The number of nitrogens with zero attached hydrogens (tertiary/aromatic N) is 2. The van der Waals surface area contributed by atoms with Gasteiger partial charge in [-0.05, 0) is 49.9 Å². The number of hydrogen-bond donors (Lipinski definition) is 1. The maximum Gasteiger partial charge on any atom is 0.348 e. The lowest BCUT2D eigenvalue weighted by Crippen LogP contribution is -2.37. The number of carbonyl (C=O) groups is 2. The van der Waals surface area contributed by atoms with Gasteiger partial charge in [-0.1, -0.05) is 43.2 Å². The summed E-state index contributed by atoms with van der Waals surface area (Å²) in [6.07, 6.45) is 5.42. The van der Waals surface area contributed by atoms with Crippen molar-refractivity contribution in [2.45, 2.75) is 63.7 Å². The molecule has 1 N–H and O–H groups in total. The number of esters is 1. The van der Waals surface area contributed by atoms with Gasteiger partial charge >= 0.3 is 5.97 Å². The Hall–Kier alpha value is -2.72. The lowest BCUT2D eigenvalue weighted by molar-refractivity contribution is -0.119. The quantitative estimate of drug-likeness (QED) is 0.265. The lowest BCUT2D eigenvalue weighted by Gasteiger charge is -2.22. The minimum Gasteiger partial charge on any atom is -0.462 e. The van der Waals surface area contributed by atoms with Crippen molar-refractivity contribution in [2.75, 3.05) is 12.4 Å². The molecule has 2 heterocycles. The minimum absolute atomic E-state index is 0.0980. The van der Waals surface area contributed by atoms with Crippen LogP contribution in [0.25, 0.3) is 10.2 Å². The highest BCUT2D eigenvalue weighted by Crippen LogP contribution is 2.30. The molecule has 0 unspecified atom stereocenters. The first-order valence-electron chi connectivity index (χ1n) is 11.7. The molecular weight excluding hydrogens is 489 g/mol. The van der Waals surface area contributed by atoms with Crippen molar-refractivity contribution in [3.05, 3.63) is 56.4 Å². The van der Waals surface area contributed by atoms with Crippen LogP contribution in [0.4, 0.5) is 4.39 Å². The molecule has 0 bridgehead atoms. The normalized spacial score (nSPS) is 14.3. The topological polar surface area (TPSA) is 90.3 Å². The second-order valence-corrected chi connectivity index (χ2v) is 10.5. The van der Waals surface area contributed by atoms with Gasteiger partial charge in [0.2, 0.25) is 5.91 Å². The molecule has 0 atom stereocenters. The van der Waals surface area contributed by atoms with Gasteiger partial charge in [-0.2, -0.15) is 0 Å². The fourth-order valence-corrected chi connectivity index (χ4v) is 6.18. The van der Waals surface area contributed by atoms with Crippen molar-refractivity contribution in [3.63, 3.8) is 0 Å². The molecule has 10 heteroatoms. The largest absolute Gasteiger partial charge is 0.462 e. The van der Waals surface area contributed by atoms with Crippen LogP contribution in [0.2, 0.25) is 0 Å². The van der Waals surface area contributed by atoms with Gasteiger partial charge in [0.15, 0.2) is 5.16 Å². The number of aromatic nitrogens is 2. The summed E-state index contributed by atoms with van der Waals surface area (Å²) < 4.78 is 20.0. The van der Waals surface area contributed by atoms with Crippen LogP contribution in [0.5, 0.6) is 0 Å². The van der Waals surface area contributed by atoms with Crippen LogP contribution in [-0.2, 0) is 16.1 Å². The summed E-state index contributed by atoms with van der Waals surface area (Å²) in [4.78, 5) is 44.1. The molecule has 0 radical (unpaired) electrons. The average molecular weight is 518 g/mol. The van der Waals surface area contributed by atoms with Crippen LogP contribution in [0.3, 0.4) is 0 Å². The fourth-order valence-electron chi connectivity index (χ4n) is 4.26. The van der Waals surface area contributed by atoms with Crippen molar-refractivity contribution in [2.24, 2.45) is 0 Å². The molecule has 2 aromatic heterocycles. The summed E-state index contributed by atoms with van der Waals surface area (Å²) in [6, 6.07) is 6.10. The SMILES string of the molecule is CCOC(=O)c1sc2nc(SCC(=O)NC3CCCCC3)n(Cc3ccc(F)cc3)c(=O)c2c1C. The Morgan fingerprint density at radius 3 is 2.63 bits per heavy atom. The first-order chi connectivity index (χ1) is 16.9. The minimum atomic E-state index is -0.487. The Bertz CT molecular complexity index is 1280. The van der Waals surface area contributed by atoms with Crippen LogP contribution in [0, 0.1) is 12.7 Å². The van der Waals surface area contributed by atoms with Gasteiger partial charge in [0, 0.05) is 6.04 Å². The van der Waals surface area contributed by atoms with Crippen molar-refractivity contribution in [1.29, 1.82) is 0 Å². The Balaban J connectivity index is 1.67. The molecule has 1 aliphatic rings. The van der Waals surface area contributed by atoms with E-state index in [4.69, 9.17) is 4.74 Å². The van der Waals surface area contributed by atoms with E-state index in [0.717, 1.165) is 42.6 Å². The maximum atomic E-state index is 13.6. The Labute approximate surface area is 211 Å². The monoisotopic (exact) mass is 517 g/mol. The Morgan fingerprint density at radius 1 is 1.23 bits per heavy atom. The summed E-state index contributed by atoms with van der Waals surface area (Å²) in [6.45, 7) is 3.83. The van der Waals surface area contributed by atoms with Gasteiger partial charge in [0.25, 0.3) is 5.56 Å². The molecule has 0 aliphatic heterocycles. The number of nitrogens with one attached hydrogen (secondary N) is 1. The van der Waals surface area contributed by atoms with Crippen molar-refractivity contribution < 1.29 is 18.7 Å². The summed E-state index contributed by atoms with van der Waals surface area (Å²) in [5.41, 5.74) is 0.945. The number of carbonyl (C=O) groups excluding carboxylic acids is 2. The van der Waals surface area contributed by atoms with Crippen LogP contribution < -0.4 is 10.9 Å². The number of hydrogen-bond acceptors (Lipinski definition) is 7. The third-order valence-electron chi connectivity index (χ3n) is 6.03. The Morgan fingerprint density at radius 2 is 1.94 bits per heavy atom. The molecule has 1 aromatic carbocycles. The standard InChI is InChI=1S/C25H28FN3O4S2/c1-3-33-24(32)21-15(2)20-22(35-21)28-25(34-14-19(30)27-18-7-5-4-6-8-18)29(23(20)31)13-16-9-11-17(26)12-10-16/h9-12,18H,3-8,13-14H2,1-2H3,(H,27,30). The van der Waals surface area contributed by atoms with Gasteiger partial charge in [-0.15, -0.1) is 11.3 Å². The predicted molar refractivity (Wildman–Crippen MR) is 136 cm³/mol. The molecule has 1 aliphatic carbocycles. The molecule has 4 rings (SSSR count). The predicted octanol–water partition coefficient (Wildman–Crippen LogP) is 4.67. The first-order valence-corrected chi connectivity index (χ1v) is 13.5. The number of fused-ring (bicyclic) bond motifs is 1. The van der Waals surface area contributed by atoms with E-state index >= 15 is 0 Å². The number of ether oxygens (including phenoxy) is 1. The molecular formula is C25H28FN3O4S2. The van der Waals surface area contributed by atoms with E-state index in [1.165, 1.54) is 34.9 Å². The Kier molecular flexibility index (Phi) is 8.22. The number of benzene rings is 1. The maximum absolute atomic E-state index is 13.6. The van der Waals surface area contributed by atoms with E-state index < -0.39 is 5.97 Å². The molecule has 0 spiro atoms. The molecule has 1 saturated carbocycles. The van der Waals surface area contributed by atoms with Gasteiger partial charge in [0.05, 0.1) is 24.3 Å². The zero-order chi connectivity index (χ0) is 24.9. The van der Waals surface area contributed by atoms with Crippen molar-refractivity contribution in [3.8, 4) is 0 Å². The number of aryl methyl sites for hydroxylation is 1. The molecule has 186 valence electrons. The van der Waals surface area contributed by atoms with E-state index in [1.54, 1.807) is 26.0 Å². The van der Waals surface area contributed by atoms with Crippen LogP contribution in [0.15, 0.2) is 34.2 Å². The van der Waals surface area contributed by atoms with Crippen LogP contribution in [-0.4, -0.2) is 39.8 Å². The highest BCUT2D eigenvalue weighted by Gasteiger charge is 2.23. The van der Waals surface area contributed by atoms with Gasteiger partial charge < -0.3 is 10.1 Å². The van der Waals surface area contributed by atoms with E-state index in [0.29, 0.717) is 25.8 Å². The third kappa shape index (κ3) is 5.92. The molecule has 35 heavy (non-hydrogen) atoms. The first kappa shape index (κ1) is 25.4. The number of halogens is 1. The summed E-state index contributed by atoms with van der Waals surface area (Å²) >= 11 is 2.30. The van der Waals surface area contributed by atoms with E-state index in [1.807, 2.05) is 0 Å². The molecule has 1 amide bonds. The number of amides is 1. The molecule has 7 nitrogen and oxygen atoms in total. The summed E-state index contributed by atoms with van der Waals surface area (Å²) in [5.74, 6) is -0.832. The average Bonchev–Trinajstić information content (AvgIpc) is 3.18. The van der Waals surface area contributed by atoms with Gasteiger partial charge in [-0.3, -0.25) is 14.2 Å². The highest BCUT2D eigenvalue weighted by molar-refractivity contribution is 7.99. The van der Waals surface area contributed by atoms with Crippen molar-refractivity contribution >= 4 is 45.2 Å². The molecule has 3 aromatic rings. The smallest absolute Gasteiger partial charge is 0.348 e. The number of thioether (sulfide) groups is 1.